The number of aryl methyl sites for hydroxylation is 1. The average Bonchev–Trinajstić information content (AvgIpc) is 2.94. The van der Waals surface area contributed by atoms with Crippen LogP contribution >= 0.6 is 0 Å². The maximum atomic E-state index is 12.8. The summed E-state index contributed by atoms with van der Waals surface area (Å²) in [7, 11) is -3.90. The largest absolute Gasteiger partial charge is 0.489 e. The molecule has 2 atom stereocenters. The van der Waals surface area contributed by atoms with Gasteiger partial charge in [-0.25, -0.2) is 4.79 Å². The zero-order chi connectivity index (χ0) is 29.5. The van der Waals surface area contributed by atoms with Crippen molar-refractivity contribution < 1.29 is 31.6 Å². The average molecular weight is 582 g/mol. The SMILES string of the molecule is Cc1ccc(S(=O)(=O)OCCOC2CN(C(=O)OC(C)(C)C)CCC2c2ccc(OCc3ccccc3)cc2)cc1. The maximum Gasteiger partial charge on any atom is 0.410 e. The molecule has 1 aliphatic rings. The van der Waals surface area contributed by atoms with Crippen LogP contribution < -0.4 is 4.74 Å². The lowest BCUT2D eigenvalue weighted by Crippen LogP contribution is -2.48. The fourth-order valence-electron chi connectivity index (χ4n) is 4.63. The standard InChI is InChI=1S/C32H39NO7S/c1-24-10-16-28(17-11-24)41(35,36)39-21-20-37-30-22-33(31(34)40-32(2,3)4)19-18-29(30)26-12-14-27(15-13-26)38-23-25-8-6-5-7-9-25/h5-17,29-30H,18-23H2,1-4H3. The first-order valence-corrected chi connectivity index (χ1v) is 15.2. The van der Waals surface area contributed by atoms with Crippen molar-refractivity contribution >= 4 is 16.2 Å². The van der Waals surface area contributed by atoms with E-state index in [2.05, 4.69) is 0 Å². The fourth-order valence-corrected chi connectivity index (χ4v) is 5.52. The lowest BCUT2D eigenvalue weighted by Gasteiger charge is -2.39. The van der Waals surface area contributed by atoms with Crippen LogP contribution in [0.5, 0.6) is 5.75 Å². The van der Waals surface area contributed by atoms with Crippen molar-refractivity contribution in [3.63, 3.8) is 0 Å². The zero-order valence-electron chi connectivity index (χ0n) is 24.1. The predicted molar refractivity (Wildman–Crippen MR) is 156 cm³/mol. The molecule has 0 saturated carbocycles. The molecule has 4 rings (SSSR count). The van der Waals surface area contributed by atoms with Gasteiger partial charge in [-0.1, -0.05) is 60.2 Å². The van der Waals surface area contributed by atoms with Gasteiger partial charge in [0.1, 0.15) is 18.0 Å². The minimum Gasteiger partial charge on any atom is -0.489 e. The third kappa shape index (κ3) is 9.05. The van der Waals surface area contributed by atoms with Gasteiger partial charge in [-0.15, -0.1) is 0 Å². The lowest BCUT2D eigenvalue weighted by atomic mass is 9.87. The minimum atomic E-state index is -3.90. The van der Waals surface area contributed by atoms with E-state index < -0.39 is 21.8 Å². The van der Waals surface area contributed by atoms with Gasteiger partial charge in [0, 0.05) is 12.5 Å². The Balaban J connectivity index is 1.40. The van der Waals surface area contributed by atoms with Crippen LogP contribution in [0.25, 0.3) is 0 Å². The van der Waals surface area contributed by atoms with E-state index in [0.29, 0.717) is 26.1 Å². The number of ether oxygens (including phenoxy) is 3. The van der Waals surface area contributed by atoms with Crippen molar-refractivity contribution in [1.29, 1.82) is 0 Å². The molecule has 1 aliphatic heterocycles. The van der Waals surface area contributed by atoms with E-state index in [9.17, 15) is 13.2 Å². The van der Waals surface area contributed by atoms with Gasteiger partial charge in [0.15, 0.2) is 0 Å². The lowest BCUT2D eigenvalue weighted by molar-refractivity contribution is -0.0354. The van der Waals surface area contributed by atoms with Crippen LogP contribution in [0.3, 0.4) is 0 Å². The molecular formula is C32H39NO7S. The van der Waals surface area contributed by atoms with Crippen LogP contribution in [-0.4, -0.2) is 57.4 Å². The molecule has 1 fully saturated rings. The van der Waals surface area contributed by atoms with E-state index in [-0.39, 0.29) is 30.1 Å². The highest BCUT2D eigenvalue weighted by atomic mass is 32.2. The molecule has 3 aromatic carbocycles. The number of benzene rings is 3. The Hall–Kier alpha value is -3.40. The first kappa shape index (κ1) is 30.6. The zero-order valence-corrected chi connectivity index (χ0v) is 24.9. The third-order valence-electron chi connectivity index (χ3n) is 6.73. The highest BCUT2D eigenvalue weighted by Gasteiger charge is 2.35. The molecule has 1 saturated heterocycles. The van der Waals surface area contributed by atoms with E-state index >= 15 is 0 Å². The molecule has 220 valence electrons. The van der Waals surface area contributed by atoms with Crippen LogP contribution in [-0.2, 0) is 30.4 Å². The first-order chi connectivity index (χ1) is 19.5. The van der Waals surface area contributed by atoms with Crippen LogP contribution in [0.2, 0.25) is 0 Å². The summed E-state index contributed by atoms with van der Waals surface area (Å²) in [5, 5.41) is 0. The number of hydrogen-bond donors (Lipinski definition) is 0. The van der Waals surface area contributed by atoms with Gasteiger partial charge in [-0.3, -0.25) is 4.18 Å². The number of carbonyl (C=O) groups is 1. The number of likely N-dealkylation sites (tertiary alicyclic amines) is 1. The predicted octanol–water partition coefficient (Wildman–Crippen LogP) is 6.09. The summed E-state index contributed by atoms with van der Waals surface area (Å²) in [5.74, 6) is 0.751. The van der Waals surface area contributed by atoms with E-state index in [1.165, 1.54) is 12.1 Å². The molecule has 1 amide bonds. The molecule has 0 radical (unpaired) electrons. The smallest absolute Gasteiger partial charge is 0.410 e. The van der Waals surface area contributed by atoms with Gasteiger partial charge in [0.2, 0.25) is 0 Å². The minimum absolute atomic E-state index is 0.00874. The monoisotopic (exact) mass is 581 g/mol. The number of hydrogen-bond acceptors (Lipinski definition) is 7. The van der Waals surface area contributed by atoms with E-state index in [0.717, 1.165) is 22.4 Å². The molecule has 8 nitrogen and oxygen atoms in total. The Bertz CT molecular complexity index is 1370. The molecular weight excluding hydrogens is 542 g/mol. The van der Waals surface area contributed by atoms with Crippen molar-refractivity contribution in [3.8, 4) is 5.75 Å². The molecule has 2 unspecified atom stereocenters. The third-order valence-corrected chi connectivity index (χ3v) is 8.06. The Morgan fingerprint density at radius 3 is 2.27 bits per heavy atom. The van der Waals surface area contributed by atoms with Gasteiger partial charge >= 0.3 is 6.09 Å². The molecule has 0 aromatic heterocycles. The van der Waals surface area contributed by atoms with Crippen molar-refractivity contribution in [3.05, 3.63) is 95.6 Å². The summed E-state index contributed by atoms with van der Waals surface area (Å²) in [4.78, 5) is 14.6. The second-order valence-electron chi connectivity index (χ2n) is 11.2. The highest BCUT2D eigenvalue weighted by molar-refractivity contribution is 7.86. The van der Waals surface area contributed by atoms with Gasteiger partial charge in [-0.05, 0) is 69.5 Å². The molecule has 0 aliphatic carbocycles. The van der Waals surface area contributed by atoms with E-state index in [4.69, 9.17) is 18.4 Å². The summed E-state index contributed by atoms with van der Waals surface area (Å²) >= 11 is 0. The summed E-state index contributed by atoms with van der Waals surface area (Å²) in [6.07, 6.45) is -0.109. The van der Waals surface area contributed by atoms with Crippen LogP contribution in [0.1, 0.15) is 49.8 Å². The van der Waals surface area contributed by atoms with Gasteiger partial charge in [0.25, 0.3) is 10.1 Å². The van der Waals surface area contributed by atoms with Crippen LogP contribution in [0.4, 0.5) is 4.79 Å². The fraction of sp³-hybridized carbons (Fsp3) is 0.406. The molecule has 1 heterocycles. The Morgan fingerprint density at radius 1 is 0.927 bits per heavy atom. The first-order valence-electron chi connectivity index (χ1n) is 13.8. The second-order valence-corrected chi connectivity index (χ2v) is 12.8. The van der Waals surface area contributed by atoms with Crippen LogP contribution in [0.15, 0.2) is 83.8 Å². The van der Waals surface area contributed by atoms with Crippen LogP contribution in [0, 0.1) is 6.92 Å². The van der Waals surface area contributed by atoms with Crippen molar-refractivity contribution in [1.82, 2.24) is 4.90 Å². The maximum absolute atomic E-state index is 12.8. The molecule has 41 heavy (non-hydrogen) atoms. The number of rotatable bonds is 10. The van der Waals surface area contributed by atoms with Crippen molar-refractivity contribution in [2.45, 2.75) is 63.2 Å². The topological polar surface area (TPSA) is 91.4 Å². The van der Waals surface area contributed by atoms with Gasteiger partial charge < -0.3 is 19.1 Å². The number of amides is 1. The molecule has 0 bridgehead atoms. The highest BCUT2D eigenvalue weighted by Crippen LogP contribution is 2.32. The second kappa shape index (κ2) is 13.5. The summed E-state index contributed by atoms with van der Waals surface area (Å²) in [6, 6.07) is 24.4. The van der Waals surface area contributed by atoms with Gasteiger partial charge in [0.05, 0.1) is 30.8 Å². The quantitative estimate of drug-likeness (QED) is 0.211. The summed E-state index contributed by atoms with van der Waals surface area (Å²) in [5.41, 5.74) is 2.49. The molecule has 3 aromatic rings. The van der Waals surface area contributed by atoms with E-state index in [1.54, 1.807) is 17.0 Å². The molecule has 0 N–H and O–H groups in total. The number of nitrogens with zero attached hydrogens (tertiary/aromatic N) is 1. The Labute approximate surface area is 243 Å². The van der Waals surface area contributed by atoms with Crippen molar-refractivity contribution in [2.75, 3.05) is 26.3 Å². The van der Waals surface area contributed by atoms with Gasteiger partial charge in [-0.2, -0.15) is 8.42 Å². The number of piperidine rings is 1. The summed E-state index contributed by atoms with van der Waals surface area (Å²) < 4.78 is 48.1. The normalized spacial score (nSPS) is 17.7. The van der Waals surface area contributed by atoms with Crippen molar-refractivity contribution in [2.24, 2.45) is 0 Å². The Morgan fingerprint density at radius 2 is 1.61 bits per heavy atom. The van der Waals surface area contributed by atoms with E-state index in [1.807, 2.05) is 82.3 Å². The number of carbonyl (C=O) groups excluding carboxylic acids is 1. The summed E-state index contributed by atoms with van der Waals surface area (Å²) in [6.45, 7) is 8.60. The Kier molecular flexibility index (Phi) is 10.1. The molecule has 0 spiro atoms. The molecule has 9 heteroatoms.